The van der Waals surface area contributed by atoms with Gasteiger partial charge in [-0.25, -0.2) is 9.59 Å². The fourth-order valence-corrected chi connectivity index (χ4v) is 2.26. The van der Waals surface area contributed by atoms with E-state index in [4.69, 9.17) is 9.47 Å². The van der Waals surface area contributed by atoms with E-state index >= 15 is 0 Å². The molecule has 0 aliphatic heterocycles. The first-order chi connectivity index (χ1) is 11.8. The normalized spacial score (nSPS) is 11.2. The van der Waals surface area contributed by atoms with E-state index in [2.05, 4.69) is 5.32 Å². The third kappa shape index (κ3) is 5.67. The van der Waals surface area contributed by atoms with Gasteiger partial charge in [0.2, 0.25) is 0 Å². The Kier molecular flexibility index (Phi) is 5.85. The quantitative estimate of drug-likeness (QED) is 0.777. The third-order valence-electron chi connectivity index (χ3n) is 3.33. The number of amides is 1. The van der Waals surface area contributed by atoms with Gasteiger partial charge in [-0.15, -0.1) is 0 Å². The Bertz CT molecular complexity index is 764. The zero-order chi connectivity index (χ0) is 18.4. The molecule has 0 aliphatic rings. The Morgan fingerprint density at radius 2 is 1.76 bits per heavy atom. The highest BCUT2D eigenvalue weighted by molar-refractivity contribution is 5.97. The topological polar surface area (TPSA) is 84.9 Å². The van der Waals surface area contributed by atoms with E-state index in [0.717, 1.165) is 10.8 Å². The molecule has 0 fully saturated rings. The lowest BCUT2D eigenvalue weighted by Crippen LogP contribution is -2.33. The predicted octanol–water partition coefficient (Wildman–Crippen LogP) is 3.83. The average molecular weight is 345 g/mol. The monoisotopic (exact) mass is 345 g/mol. The largest absolute Gasteiger partial charge is 0.493 e. The molecule has 1 amide bonds. The van der Waals surface area contributed by atoms with Crippen molar-refractivity contribution in [2.24, 2.45) is 0 Å². The molecule has 2 rings (SSSR count). The number of nitrogens with one attached hydrogen (secondary N) is 1. The molecule has 0 radical (unpaired) electrons. The van der Waals surface area contributed by atoms with Gasteiger partial charge in [-0.05, 0) is 50.1 Å². The zero-order valence-electron chi connectivity index (χ0n) is 14.7. The zero-order valence-corrected chi connectivity index (χ0v) is 14.7. The van der Waals surface area contributed by atoms with Gasteiger partial charge in [-0.1, -0.05) is 24.3 Å². The van der Waals surface area contributed by atoms with Crippen molar-refractivity contribution in [1.82, 2.24) is 5.32 Å². The third-order valence-corrected chi connectivity index (χ3v) is 3.33. The highest BCUT2D eigenvalue weighted by Gasteiger charge is 2.16. The number of aromatic carboxylic acids is 1. The lowest BCUT2D eigenvalue weighted by Gasteiger charge is -2.19. The lowest BCUT2D eigenvalue weighted by atomic mass is 10.1. The molecule has 0 bridgehead atoms. The molecule has 0 atom stereocenters. The molecule has 134 valence electrons. The van der Waals surface area contributed by atoms with Gasteiger partial charge in [-0.3, -0.25) is 0 Å². The minimum absolute atomic E-state index is 0.124. The van der Waals surface area contributed by atoms with Crippen molar-refractivity contribution in [1.29, 1.82) is 0 Å². The van der Waals surface area contributed by atoms with Crippen LogP contribution in [0.4, 0.5) is 4.79 Å². The first-order valence-electron chi connectivity index (χ1n) is 8.12. The van der Waals surface area contributed by atoms with E-state index in [1.165, 1.54) is 0 Å². The maximum absolute atomic E-state index is 11.5. The van der Waals surface area contributed by atoms with Crippen molar-refractivity contribution in [3.63, 3.8) is 0 Å². The number of carboxylic acids is 1. The molecular weight excluding hydrogens is 322 g/mol. The molecule has 0 saturated carbocycles. The summed E-state index contributed by atoms with van der Waals surface area (Å²) in [6, 6.07) is 10.8. The molecule has 2 N–H and O–H groups in total. The molecule has 0 aromatic heterocycles. The van der Waals surface area contributed by atoms with Gasteiger partial charge in [0.15, 0.2) is 0 Å². The van der Waals surface area contributed by atoms with Crippen LogP contribution in [0.1, 0.15) is 37.6 Å². The summed E-state index contributed by atoms with van der Waals surface area (Å²) < 4.78 is 10.7. The Labute approximate surface area is 146 Å². The van der Waals surface area contributed by atoms with Gasteiger partial charge in [0, 0.05) is 6.54 Å². The van der Waals surface area contributed by atoms with Crippen LogP contribution in [0.2, 0.25) is 0 Å². The van der Waals surface area contributed by atoms with Gasteiger partial charge in [0.1, 0.15) is 16.9 Å². The fourth-order valence-electron chi connectivity index (χ4n) is 2.26. The molecule has 0 aliphatic carbocycles. The summed E-state index contributed by atoms with van der Waals surface area (Å²) >= 11 is 0. The van der Waals surface area contributed by atoms with Gasteiger partial charge < -0.3 is 19.9 Å². The molecule has 6 nitrogen and oxygen atoms in total. The number of benzene rings is 2. The summed E-state index contributed by atoms with van der Waals surface area (Å²) in [5.74, 6) is -0.712. The summed E-state index contributed by atoms with van der Waals surface area (Å²) in [4.78, 5) is 23.0. The Morgan fingerprint density at radius 1 is 1.12 bits per heavy atom. The second-order valence-corrected chi connectivity index (χ2v) is 6.63. The van der Waals surface area contributed by atoms with Gasteiger partial charge in [-0.2, -0.15) is 0 Å². The second-order valence-electron chi connectivity index (χ2n) is 6.63. The van der Waals surface area contributed by atoms with Crippen molar-refractivity contribution in [2.75, 3.05) is 13.2 Å². The first kappa shape index (κ1) is 18.6. The van der Waals surface area contributed by atoms with Crippen molar-refractivity contribution in [2.45, 2.75) is 32.8 Å². The van der Waals surface area contributed by atoms with E-state index in [1.807, 2.05) is 24.3 Å². The van der Waals surface area contributed by atoms with Crippen molar-refractivity contribution in [3.8, 4) is 5.75 Å². The number of ether oxygens (including phenoxy) is 2. The average Bonchev–Trinajstić information content (AvgIpc) is 2.52. The fraction of sp³-hybridized carbons (Fsp3) is 0.368. The van der Waals surface area contributed by atoms with Crippen LogP contribution < -0.4 is 10.1 Å². The summed E-state index contributed by atoms with van der Waals surface area (Å²) in [5.41, 5.74) is -0.416. The maximum atomic E-state index is 11.5. The number of hydrogen-bond acceptors (Lipinski definition) is 4. The number of carbonyl (C=O) groups excluding carboxylic acids is 1. The van der Waals surface area contributed by atoms with Crippen LogP contribution in [0.5, 0.6) is 5.75 Å². The summed E-state index contributed by atoms with van der Waals surface area (Å²) in [5, 5.41) is 13.7. The first-order valence-corrected chi connectivity index (χ1v) is 8.12. The number of carboxylic acid groups (broad SMARTS) is 1. The van der Waals surface area contributed by atoms with Crippen LogP contribution in [0.3, 0.4) is 0 Å². The molecule has 0 spiro atoms. The molecule has 0 heterocycles. The molecule has 0 unspecified atom stereocenters. The highest BCUT2D eigenvalue weighted by atomic mass is 16.6. The van der Waals surface area contributed by atoms with Crippen molar-refractivity contribution >= 4 is 22.8 Å². The minimum atomic E-state index is -1.03. The van der Waals surface area contributed by atoms with Crippen molar-refractivity contribution in [3.05, 3.63) is 42.0 Å². The predicted molar refractivity (Wildman–Crippen MR) is 95.3 cm³/mol. The van der Waals surface area contributed by atoms with Crippen LogP contribution in [-0.2, 0) is 4.74 Å². The SMILES string of the molecule is CC(C)(C)OC(=O)NCCCOc1cc2ccccc2cc1C(=O)O. The molecule has 0 saturated heterocycles. The maximum Gasteiger partial charge on any atom is 0.407 e. The summed E-state index contributed by atoms with van der Waals surface area (Å²) in [6.07, 6.45) is 0.0509. The van der Waals surface area contributed by atoms with Gasteiger partial charge in [0.25, 0.3) is 0 Å². The van der Waals surface area contributed by atoms with Gasteiger partial charge in [0.05, 0.1) is 6.61 Å². The van der Waals surface area contributed by atoms with E-state index in [0.29, 0.717) is 18.7 Å². The van der Waals surface area contributed by atoms with Crippen LogP contribution >= 0.6 is 0 Å². The number of hydrogen-bond donors (Lipinski definition) is 2. The molecule has 2 aromatic rings. The van der Waals surface area contributed by atoms with E-state index < -0.39 is 17.7 Å². The number of fused-ring (bicyclic) bond motifs is 1. The van der Waals surface area contributed by atoms with Crippen LogP contribution in [-0.4, -0.2) is 35.9 Å². The number of carbonyl (C=O) groups is 2. The van der Waals surface area contributed by atoms with Crippen molar-refractivity contribution < 1.29 is 24.2 Å². The molecule has 25 heavy (non-hydrogen) atoms. The second kappa shape index (κ2) is 7.88. The van der Waals surface area contributed by atoms with Crippen LogP contribution in [0, 0.1) is 0 Å². The Balaban J connectivity index is 1.91. The molecular formula is C19H23NO5. The van der Waals surface area contributed by atoms with E-state index in [9.17, 15) is 14.7 Å². The van der Waals surface area contributed by atoms with Crippen LogP contribution in [0.25, 0.3) is 10.8 Å². The summed E-state index contributed by atoms with van der Waals surface area (Å²) in [7, 11) is 0. The Hall–Kier alpha value is -2.76. The highest BCUT2D eigenvalue weighted by Crippen LogP contribution is 2.26. The molecule has 6 heteroatoms. The van der Waals surface area contributed by atoms with E-state index in [-0.39, 0.29) is 12.2 Å². The standard InChI is InChI=1S/C19H23NO5/c1-19(2,3)25-18(23)20-9-6-10-24-16-12-14-8-5-4-7-13(14)11-15(16)17(21)22/h4-5,7-8,11-12H,6,9-10H2,1-3H3,(H,20,23)(H,21,22). The summed E-state index contributed by atoms with van der Waals surface area (Å²) in [6.45, 7) is 6.05. The van der Waals surface area contributed by atoms with Gasteiger partial charge >= 0.3 is 12.1 Å². The lowest BCUT2D eigenvalue weighted by molar-refractivity contribution is 0.0525. The molecule has 2 aromatic carbocycles. The number of rotatable bonds is 6. The van der Waals surface area contributed by atoms with Crippen LogP contribution in [0.15, 0.2) is 36.4 Å². The Morgan fingerprint density at radius 3 is 2.36 bits per heavy atom. The minimum Gasteiger partial charge on any atom is -0.493 e. The number of alkyl carbamates (subject to hydrolysis) is 1. The van der Waals surface area contributed by atoms with E-state index in [1.54, 1.807) is 32.9 Å². The smallest absolute Gasteiger partial charge is 0.407 e.